The van der Waals surface area contributed by atoms with E-state index in [9.17, 15) is 4.79 Å². The lowest BCUT2D eigenvalue weighted by atomic mass is 10.1. The molecule has 0 aliphatic heterocycles. The van der Waals surface area contributed by atoms with Crippen LogP contribution in [0.5, 0.6) is 11.5 Å². The van der Waals surface area contributed by atoms with Crippen LogP contribution in [0.1, 0.15) is 26.7 Å². The van der Waals surface area contributed by atoms with Crippen LogP contribution in [0.2, 0.25) is 0 Å². The Morgan fingerprint density at radius 3 is 2.45 bits per heavy atom. The quantitative estimate of drug-likeness (QED) is 0.760. The molecule has 1 rings (SSSR count). The molecule has 2 unspecified atom stereocenters. The van der Waals surface area contributed by atoms with Crippen LogP contribution in [0, 0.1) is 0 Å². The summed E-state index contributed by atoms with van der Waals surface area (Å²) in [6, 6.07) is 6.89. The van der Waals surface area contributed by atoms with Crippen molar-refractivity contribution in [1.82, 2.24) is 5.32 Å². The number of hydrogen-bond donors (Lipinski definition) is 2. The Kier molecular flexibility index (Phi) is 6.87. The molecule has 5 heteroatoms. The summed E-state index contributed by atoms with van der Waals surface area (Å²) in [5.74, 6) is 1.39. The molecule has 2 atom stereocenters. The highest BCUT2D eigenvalue weighted by Gasteiger charge is 2.13. The normalized spacial score (nSPS) is 13.4. The van der Waals surface area contributed by atoms with Crippen molar-refractivity contribution < 1.29 is 14.3 Å². The maximum atomic E-state index is 11.7. The molecule has 0 aliphatic rings. The average Bonchev–Trinajstić information content (AvgIpc) is 2.45. The van der Waals surface area contributed by atoms with Gasteiger partial charge in [0.1, 0.15) is 17.6 Å². The van der Waals surface area contributed by atoms with Gasteiger partial charge in [-0.05, 0) is 37.6 Å². The highest BCUT2D eigenvalue weighted by atomic mass is 16.5. The molecular formula is C15H24N2O3. The molecule has 0 saturated heterocycles. The molecule has 0 spiro atoms. The lowest BCUT2D eigenvalue weighted by Crippen LogP contribution is -2.43. The van der Waals surface area contributed by atoms with Crippen LogP contribution in [0.15, 0.2) is 24.3 Å². The maximum absolute atomic E-state index is 11.7. The van der Waals surface area contributed by atoms with Gasteiger partial charge in [0, 0.05) is 0 Å². The van der Waals surface area contributed by atoms with Gasteiger partial charge in [-0.2, -0.15) is 0 Å². The van der Waals surface area contributed by atoms with Crippen LogP contribution in [-0.2, 0) is 4.79 Å². The van der Waals surface area contributed by atoms with E-state index in [1.165, 1.54) is 0 Å². The molecule has 1 amide bonds. The molecule has 0 heterocycles. The number of nitrogens with one attached hydrogen (secondary N) is 1. The first-order valence-corrected chi connectivity index (χ1v) is 6.90. The summed E-state index contributed by atoms with van der Waals surface area (Å²) in [5, 5.41) is 2.80. The summed E-state index contributed by atoms with van der Waals surface area (Å²) < 4.78 is 10.8. The van der Waals surface area contributed by atoms with E-state index >= 15 is 0 Å². The summed E-state index contributed by atoms with van der Waals surface area (Å²) in [5.41, 5.74) is 5.73. The number of carbonyl (C=O) groups excluding carboxylic acids is 1. The molecule has 112 valence electrons. The van der Waals surface area contributed by atoms with Crippen LogP contribution < -0.4 is 20.5 Å². The Bertz CT molecular complexity index is 406. The number of amides is 1. The number of rotatable bonds is 8. The van der Waals surface area contributed by atoms with E-state index in [1.807, 2.05) is 38.1 Å². The molecule has 20 heavy (non-hydrogen) atoms. The second-order valence-corrected chi connectivity index (χ2v) is 4.74. The van der Waals surface area contributed by atoms with E-state index in [2.05, 4.69) is 5.32 Å². The number of hydrogen-bond acceptors (Lipinski definition) is 4. The molecule has 0 radical (unpaired) electrons. The molecule has 1 aromatic carbocycles. The van der Waals surface area contributed by atoms with Crippen LogP contribution in [0.25, 0.3) is 0 Å². The molecule has 0 aliphatic carbocycles. The Morgan fingerprint density at radius 1 is 1.30 bits per heavy atom. The van der Waals surface area contributed by atoms with Crippen molar-refractivity contribution in [2.24, 2.45) is 5.73 Å². The summed E-state index contributed by atoms with van der Waals surface area (Å²) in [6.45, 7) is 4.33. The van der Waals surface area contributed by atoms with Gasteiger partial charge in [-0.1, -0.05) is 13.3 Å². The zero-order valence-corrected chi connectivity index (χ0v) is 12.4. The van der Waals surface area contributed by atoms with E-state index in [1.54, 1.807) is 7.11 Å². The Morgan fingerprint density at radius 2 is 1.90 bits per heavy atom. The summed E-state index contributed by atoms with van der Waals surface area (Å²) in [6.07, 6.45) is 1.47. The van der Waals surface area contributed by atoms with Gasteiger partial charge in [-0.15, -0.1) is 0 Å². The van der Waals surface area contributed by atoms with Crippen LogP contribution >= 0.6 is 0 Å². The van der Waals surface area contributed by atoms with Gasteiger partial charge >= 0.3 is 0 Å². The third-order valence-corrected chi connectivity index (χ3v) is 2.90. The Hall–Kier alpha value is -1.75. The largest absolute Gasteiger partial charge is 0.497 e. The molecule has 3 N–H and O–H groups in total. The lowest BCUT2D eigenvalue weighted by molar-refractivity contribution is -0.122. The SMILES string of the molecule is CCCC(N)C(=O)NCC(C)Oc1ccc(OC)cc1. The monoisotopic (exact) mass is 280 g/mol. The molecule has 5 nitrogen and oxygen atoms in total. The van der Waals surface area contributed by atoms with Crippen LogP contribution in [0.4, 0.5) is 0 Å². The Labute approximate surface area is 120 Å². The predicted molar refractivity (Wildman–Crippen MR) is 79.0 cm³/mol. The van der Waals surface area contributed by atoms with Gasteiger partial charge in [0.15, 0.2) is 0 Å². The second-order valence-electron chi connectivity index (χ2n) is 4.74. The van der Waals surface area contributed by atoms with Crippen molar-refractivity contribution in [3.8, 4) is 11.5 Å². The maximum Gasteiger partial charge on any atom is 0.237 e. The van der Waals surface area contributed by atoms with Crippen LogP contribution in [-0.4, -0.2) is 31.7 Å². The molecule has 0 fully saturated rings. The number of carbonyl (C=O) groups is 1. The summed E-state index contributed by atoms with van der Waals surface area (Å²) >= 11 is 0. The lowest BCUT2D eigenvalue weighted by Gasteiger charge is -2.17. The summed E-state index contributed by atoms with van der Waals surface area (Å²) in [7, 11) is 1.62. The van der Waals surface area contributed by atoms with Gasteiger partial charge in [0.25, 0.3) is 0 Å². The third-order valence-electron chi connectivity index (χ3n) is 2.90. The minimum atomic E-state index is -0.437. The van der Waals surface area contributed by atoms with Gasteiger partial charge < -0.3 is 20.5 Å². The minimum Gasteiger partial charge on any atom is -0.497 e. The first kappa shape index (κ1) is 16.3. The zero-order valence-electron chi connectivity index (χ0n) is 12.4. The first-order valence-electron chi connectivity index (χ1n) is 6.90. The van der Waals surface area contributed by atoms with Crippen molar-refractivity contribution in [3.05, 3.63) is 24.3 Å². The number of benzene rings is 1. The first-order chi connectivity index (χ1) is 9.56. The van der Waals surface area contributed by atoms with Crippen LogP contribution in [0.3, 0.4) is 0 Å². The van der Waals surface area contributed by atoms with Gasteiger partial charge in [0.05, 0.1) is 19.7 Å². The minimum absolute atomic E-state index is 0.124. The third kappa shape index (κ3) is 5.48. The number of nitrogens with two attached hydrogens (primary N) is 1. The van der Waals surface area contributed by atoms with Gasteiger partial charge in [-0.3, -0.25) is 4.79 Å². The fourth-order valence-corrected chi connectivity index (χ4v) is 1.75. The van der Waals surface area contributed by atoms with E-state index in [0.29, 0.717) is 13.0 Å². The molecular weight excluding hydrogens is 256 g/mol. The van der Waals surface area contributed by atoms with Crippen molar-refractivity contribution in [3.63, 3.8) is 0 Å². The van der Waals surface area contributed by atoms with E-state index in [0.717, 1.165) is 17.9 Å². The van der Waals surface area contributed by atoms with Gasteiger partial charge in [0.2, 0.25) is 5.91 Å². The van der Waals surface area contributed by atoms with Crippen molar-refractivity contribution in [2.75, 3.05) is 13.7 Å². The van der Waals surface area contributed by atoms with Gasteiger partial charge in [-0.25, -0.2) is 0 Å². The fourth-order valence-electron chi connectivity index (χ4n) is 1.75. The standard InChI is InChI=1S/C15H24N2O3/c1-4-5-14(16)15(18)17-10-11(2)20-13-8-6-12(19-3)7-9-13/h6-9,11,14H,4-5,10,16H2,1-3H3,(H,17,18). The molecule has 0 saturated carbocycles. The molecule has 1 aromatic rings. The molecule has 0 aromatic heterocycles. The second kappa shape index (κ2) is 8.43. The highest BCUT2D eigenvalue weighted by Crippen LogP contribution is 2.17. The van der Waals surface area contributed by atoms with E-state index < -0.39 is 6.04 Å². The molecule has 0 bridgehead atoms. The van der Waals surface area contributed by atoms with Crippen molar-refractivity contribution >= 4 is 5.91 Å². The van der Waals surface area contributed by atoms with Crippen molar-refractivity contribution in [1.29, 1.82) is 0 Å². The smallest absolute Gasteiger partial charge is 0.237 e. The van der Waals surface area contributed by atoms with E-state index in [-0.39, 0.29) is 12.0 Å². The average molecular weight is 280 g/mol. The highest BCUT2D eigenvalue weighted by molar-refractivity contribution is 5.81. The van der Waals surface area contributed by atoms with Crippen molar-refractivity contribution in [2.45, 2.75) is 38.8 Å². The van der Waals surface area contributed by atoms with E-state index in [4.69, 9.17) is 15.2 Å². The zero-order chi connectivity index (χ0) is 15.0. The Balaban J connectivity index is 2.35. The number of ether oxygens (including phenoxy) is 2. The topological polar surface area (TPSA) is 73.6 Å². The number of methoxy groups -OCH3 is 1. The fraction of sp³-hybridized carbons (Fsp3) is 0.533. The predicted octanol–water partition coefficient (Wildman–Crippen LogP) is 1.71. The summed E-state index contributed by atoms with van der Waals surface area (Å²) in [4.78, 5) is 11.7.